The summed E-state index contributed by atoms with van der Waals surface area (Å²) in [6.07, 6.45) is 3.42. The van der Waals surface area contributed by atoms with Gasteiger partial charge >= 0.3 is 0 Å². The lowest BCUT2D eigenvalue weighted by molar-refractivity contribution is 0.0956. The Balaban J connectivity index is 1.51. The molecular weight excluding hydrogens is 376 g/mol. The molecule has 142 valence electrons. The first-order chi connectivity index (χ1) is 13.7. The molecule has 4 aromatic rings. The second-order valence-electron chi connectivity index (χ2n) is 6.12. The minimum atomic E-state index is -0.153. The van der Waals surface area contributed by atoms with Crippen molar-refractivity contribution in [3.8, 4) is 17.0 Å². The summed E-state index contributed by atoms with van der Waals surface area (Å²) < 4.78 is 8.31. The van der Waals surface area contributed by atoms with Gasteiger partial charge in [-0.05, 0) is 41.8 Å². The zero-order chi connectivity index (χ0) is 19.5. The molecule has 7 nitrogen and oxygen atoms in total. The summed E-state index contributed by atoms with van der Waals surface area (Å²) in [6, 6.07) is 12.9. The van der Waals surface area contributed by atoms with Gasteiger partial charge < -0.3 is 14.6 Å². The Morgan fingerprint density at radius 1 is 1.21 bits per heavy atom. The van der Waals surface area contributed by atoms with E-state index in [2.05, 4.69) is 10.4 Å². The van der Waals surface area contributed by atoms with Gasteiger partial charge in [-0.2, -0.15) is 5.10 Å². The second kappa shape index (κ2) is 7.69. The normalized spacial score (nSPS) is 10.9. The Bertz CT molecular complexity index is 1160. The number of hydrogen-bond acceptors (Lipinski definition) is 5. The van der Waals surface area contributed by atoms with Crippen LogP contribution in [0.5, 0.6) is 5.75 Å². The van der Waals surface area contributed by atoms with Crippen LogP contribution in [0.15, 0.2) is 65.0 Å². The maximum Gasteiger partial charge on any atom is 0.276 e. The highest BCUT2D eigenvalue weighted by atomic mass is 32.1. The molecule has 0 fully saturated rings. The van der Waals surface area contributed by atoms with Crippen molar-refractivity contribution in [3.63, 3.8) is 0 Å². The van der Waals surface area contributed by atoms with Crippen molar-refractivity contribution in [1.29, 1.82) is 0 Å². The molecule has 0 aliphatic carbocycles. The van der Waals surface area contributed by atoms with E-state index in [0.29, 0.717) is 29.2 Å². The van der Waals surface area contributed by atoms with Gasteiger partial charge in [0.25, 0.3) is 11.5 Å². The monoisotopic (exact) mass is 394 g/mol. The Morgan fingerprint density at radius 3 is 2.75 bits per heavy atom. The van der Waals surface area contributed by atoms with Gasteiger partial charge in [0.15, 0.2) is 0 Å². The highest BCUT2D eigenvalue weighted by Crippen LogP contribution is 2.21. The third-order valence-corrected chi connectivity index (χ3v) is 5.24. The average Bonchev–Trinajstić information content (AvgIpc) is 3.40. The predicted octanol–water partition coefficient (Wildman–Crippen LogP) is 2.66. The SMILES string of the molecule is COc1ccc(-c2cc3c(=O)n(CCNC(=O)c4cccs4)ccn3n2)cc1. The van der Waals surface area contributed by atoms with Gasteiger partial charge in [0, 0.05) is 31.0 Å². The molecule has 1 amide bonds. The van der Waals surface area contributed by atoms with Crippen LogP contribution in [0, 0.1) is 0 Å². The second-order valence-corrected chi connectivity index (χ2v) is 7.07. The van der Waals surface area contributed by atoms with E-state index in [-0.39, 0.29) is 11.5 Å². The van der Waals surface area contributed by atoms with E-state index in [0.717, 1.165) is 11.3 Å². The maximum atomic E-state index is 12.7. The quantitative estimate of drug-likeness (QED) is 0.545. The molecule has 4 rings (SSSR count). The Morgan fingerprint density at radius 2 is 2.04 bits per heavy atom. The van der Waals surface area contributed by atoms with Crippen LogP contribution in [-0.2, 0) is 6.54 Å². The van der Waals surface area contributed by atoms with E-state index in [9.17, 15) is 9.59 Å². The number of rotatable bonds is 6. The minimum Gasteiger partial charge on any atom is -0.497 e. The minimum absolute atomic E-state index is 0.129. The van der Waals surface area contributed by atoms with Gasteiger partial charge in [-0.3, -0.25) is 9.59 Å². The van der Waals surface area contributed by atoms with Gasteiger partial charge in [0.2, 0.25) is 0 Å². The number of hydrogen-bond donors (Lipinski definition) is 1. The van der Waals surface area contributed by atoms with Crippen LogP contribution in [0.3, 0.4) is 0 Å². The molecule has 0 unspecified atom stereocenters. The molecule has 0 bridgehead atoms. The number of carbonyl (C=O) groups excluding carboxylic acids is 1. The van der Waals surface area contributed by atoms with Crippen molar-refractivity contribution >= 4 is 22.8 Å². The Labute approximate surface area is 164 Å². The molecule has 1 aromatic carbocycles. The number of nitrogens with one attached hydrogen (secondary N) is 1. The zero-order valence-electron chi connectivity index (χ0n) is 15.2. The predicted molar refractivity (Wildman–Crippen MR) is 108 cm³/mol. The number of benzene rings is 1. The largest absolute Gasteiger partial charge is 0.497 e. The lowest BCUT2D eigenvalue weighted by atomic mass is 10.1. The summed E-state index contributed by atoms with van der Waals surface area (Å²) >= 11 is 1.39. The average molecular weight is 394 g/mol. The Kier molecular flexibility index (Phi) is 4.94. The fourth-order valence-electron chi connectivity index (χ4n) is 2.89. The molecule has 0 aliphatic rings. The molecule has 0 spiro atoms. The van der Waals surface area contributed by atoms with Crippen molar-refractivity contribution in [3.05, 3.63) is 75.5 Å². The first-order valence-electron chi connectivity index (χ1n) is 8.70. The molecule has 3 heterocycles. The van der Waals surface area contributed by atoms with Gasteiger partial charge in [-0.15, -0.1) is 11.3 Å². The molecular formula is C20H18N4O3S. The summed E-state index contributed by atoms with van der Waals surface area (Å²) in [6.45, 7) is 0.752. The topological polar surface area (TPSA) is 77.6 Å². The van der Waals surface area contributed by atoms with E-state index < -0.39 is 0 Å². The number of nitrogens with zero attached hydrogens (tertiary/aromatic N) is 3. The number of thiophene rings is 1. The fraction of sp³-hybridized carbons (Fsp3) is 0.150. The molecule has 0 radical (unpaired) electrons. The van der Waals surface area contributed by atoms with E-state index in [1.54, 1.807) is 40.7 Å². The first-order valence-corrected chi connectivity index (χ1v) is 9.58. The van der Waals surface area contributed by atoms with Gasteiger partial charge in [-0.1, -0.05) is 6.07 Å². The van der Waals surface area contributed by atoms with E-state index in [1.807, 2.05) is 35.7 Å². The first kappa shape index (κ1) is 18.0. The summed E-state index contributed by atoms with van der Waals surface area (Å²) in [5, 5.41) is 9.16. The summed E-state index contributed by atoms with van der Waals surface area (Å²) in [7, 11) is 1.62. The van der Waals surface area contributed by atoms with Crippen molar-refractivity contribution in [2.45, 2.75) is 6.54 Å². The van der Waals surface area contributed by atoms with Gasteiger partial charge in [-0.25, -0.2) is 4.52 Å². The van der Waals surface area contributed by atoms with E-state index >= 15 is 0 Å². The molecule has 0 saturated heterocycles. The molecule has 1 N–H and O–H groups in total. The molecule has 8 heteroatoms. The van der Waals surface area contributed by atoms with Crippen LogP contribution >= 0.6 is 11.3 Å². The lowest BCUT2D eigenvalue weighted by Crippen LogP contribution is -2.30. The van der Waals surface area contributed by atoms with Crippen LogP contribution in [0.1, 0.15) is 9.67 Å². The summed E-state index contributed by atoms with van der Waals surface area (Å²) in [5.74, 6) is 0.634. The molecule has 0 aliphatic heterocycles. The van der Waals surface area contributed by atoms with Crippen LogP contribution < -0.4 is 15.6 Å². The van der Waals surface area contributed by atoms with Crippen LogP contribution in [-0.4, -0.2) is 33.7 Å². The zero-order valence-corrected chi connectivity index (χ0v) is 16.0. The third kappa shape index (κ3) is 3.54. The number of fused-ring (bicyclic) bond motifs is 1. The number of ether oxygens (including phenoxy) is 1. The van der Waals surface area contributed by atoms with Crippen molar-refractivity contribution in [2.24, 2.45) is 0 Å². The number of methoxy groups -OCH3 is 1. The van der Waals surface area contributed by atoms with E-state index in [1.165, 1.54) is 11.3 Å². The lowest BCUT2D eigenvalue weighted by Gasteiger charge is -2.07. The molecule has 0 saturated carbocycles. The van der Waals surface area contributed by atoms with Crippen molar-refractivity contribution in [1.82, 2.24) is 19.5 Å². The van der Waals surface area contributed by atoms with Crippen LogP contribution in [0.4, 0.5) is 0 Å². The van der Waals surface area contributed by atoms with Crippen molar-refractivity contribution in [2.75, 3.05) is 13.7 Å². The van der Waals surface area contributed by atoms with Crippen LogP contribution in [0.25, 0.3) is 16.8 Å². The highest BCUT2D eigenvalue weighted by molar-refractivity contribution is 7.12. The highest BCUT2D eigenvalue weighted by Gasteiger charge is 2.10. The fourth-order valence-corrected chi connectivity index (χ4v) is 3.53. The molecule has 0 atom stereocenters. The summed E-state index contributed by atoms with van der Waals surface area (Å²) in [4.78, 5) is 25.4. The van der Waals surface area contributed by atoms with Gasteiger partial charge in [0.05, 0.1) is 17.7 Å². The number of amides is 1. The maximum absolute atomic E-state index is 12.7. The molecule has 3 aromatic heterocycles. The standard InChI is InChI=1S/C20H18N4O3S/c1-27-15-6-4-14(5-7-15)16-13-17-20(26)23(10-11-24(17)22-16)9-8-21-19(25)18-3-2-12-28-18/h2-7,10-13H,8-9H2,1H3,(H,21,25). The number of aromatic nitrogens is 3. The Hall–Kier alpha value is -3.39. The molecule has 28 heavy (non-hydrogen) atoms. The van der Waals surface area contributed by atoms with Gasteiger partial charge in [0.1, 0.15) is 11.3 Å². The van der Waals surface area contributed by atoms with Crippen molar-refractivity contribution < 1.29 is 9.53 Å². The smallest absolute Gasteiger partial charge is 0.276 e. The van der Waals surface area contributed by atoms with E-state index in [4.69, 9.17) is 4.74 Å². The third-order valence-electron chi connectivity index (χ3n) is 4.37. The van der Waals surface area contributed by atoms with Crippen LogP contribution in [0.2, 0.25) is 0 Å². The number of carbonyl (C=O) groups is 1. The summed E-state index contributed by atoms with van der Waals surface area (Å²) in [5.41, 5.74) is 1.94.